The lowest BCUT2D eigenvalue weighted by atomic mass is 10.2. The van der Waals surface area contributed by atoms with Gasteiger partial charge in [-0.2, -0.15) is 10.1 Å². The summed E-state index contributed by atoms with van der Waals surface area (Å²) in [6.07, 6.45) is 4.26. The van der Waals surface area contributed by atoms with Crippen LogP contribution in [0.2, 0.25) is 0 Å². The summed E-state index contributed by atoms with van der Waals surface area (Å²) in [6.45, 7) is -0.00993. The molecule has 28 heavy (non-hydrogen) atoms. The highest BCUT2D eigenvalue weighted by molar-refractivity contribution is 5.88. The quantitative estimate of drug-likeness (QED) is 0.346. The number of carboxylic acid groups (broad SMARTS) is 1. The van der Waals surface area contributed by atoms with E-state index >= 15 is 0 Å². The van der Waals surface area contributed by atoms with Crippen LogP contribution in [0.3, 0.4) is 0 Å². The largest absolute Gasteiger partial charge is 0.478 e. The zero-order valence-corrected chi connectivity index (χ0v) is 14.6. The first kappa shape index (κ1) is 19.0. The summed E-state index contributed by atoms with van der Waals surface area (Å²) in [6, 6.07) is 10.1. The van der Waals surface area contributed by atoms with Crippen LogP contribution >= 0.6 is 0 Å². The molecule has 0 spiro atoms. The SMILES string of the molecule is O=C(O)c1cccc(-n2cccc2/C=N/Nc2ncc(F)c(NCCO)n2)c1. The molecule has 0 saturated carbocycles. The first-order chi connectivity index (χ1) is 13.6. The molecule has 10 heteroatoms. The lowest BCUT2D eigenvalue weighted by Gasteiger charge is -2.08. The Morgan fingerprint density at radius 3 is 2.96 bits per heavy atom. The Bertz CT molecular complexity index is 1000. The highest BCUT2D eigenvalue weighted by atomic mass is 19.1. The Morgan fingerprint density at radius 1 is 1.32 bits per heavy atom. The standard InChI is InChI=1S/C18H17FN6O3/c19-15-11-21-18(23-16(15)20-6-8-26)24-22-10-14-5-2-7-25(14)13-4-1-3-12(9-13)17(27)28/h1-5,7,9-11,26H,6,8H2,(H,27,28)(H2,20,21,23,24)/b22-10+. The van der Waals surface area contributed by atoms with Crippen molar-refractivity contribution in [3.8, 4) is 5.69 Å². The van der Waals surface area contributed by atoms with Crippen molar-refractivity contribution in [2.45, 2.75) is 0 Å². The van der Waals surface area contributed by atoms with Gasteiger partial charge in [-0.05, 0) is 30.3 Å². The van der Waals surface area contributed by atoms with Crippen molar-refractivity contribution in [3.63, 3.8) is 0 Å². The molecule has 2 heterocycles. The van der Waals surface area contributed by atoms with E-state index in [1.807, 2.05) is 0 Å². The third kappa shape index (κ3) is 4.48. The third-order valence-electron chi connectivity index (χ3n) is 3.66. The maximum absolute atomic E-state index is 13.6. The summed E-state index contributed by atoms with van der Waals surface area (Å²) in [4.78, 5) is 18.9. The van der Waals surface area contributed by atoms with Crippen LogP contribution in [-0.4, -0.2) is 50.1 Å². The zero-order chi connectivity index (χ0) is 19.9. The van der Waals surface area contributed by atoms with E-state index in [-0.39, 0.29) is 30.5 Å². The summed E-state index contributed by atoms with van der Waals surface area (Å²) in [5.41, 5.74) is 4.12. The van der Waals surface area contributed by atoms with Crippen LogP contribution in [0.4, 0.5) is 16.2 Å². The molecular formula is C18H17FN6O3. The smallest absolute Gasteiger partial charge is 0.335 e. The van der Waals surface area contributed by atoms with Gasteiger partial charge in [-0.3, -0.25) is 0 Å². The van der Waals surface area contributed by atoms with Crippen LogP contribution in [0, 0.1) is 5.82 Å². The van der Waals surface area contributed by atoms with Gasteiger partial charge in [-0.1, -0.05) is 6.07 Å². The average Bonchev–Trinajstić information content (AvgIpc) is 3.17. The second kappa shape index (κ2) is 8.73. The number of nitrogens with one attached hydrogen (secondary N) is 2. The van der Waals surface area contributed by atoms with Crippen LogP contribution in [0.25, 0.3) is 5.69 Å². The Hall–Kier alpha value is -3.79. The molecule has 0 amide bonds. The topological polar surface area (TPSA) is 125 Å². The number of hydrazone groups is 1. The second-order valence-corrected chi connectivity index (χ2v) is 5.57. The zero-order valence-electron chi connectivity index (χ0n) is 14.6. The molecule has 0 atom stereocenters. The van der Waals surface area contributed by atoms with Gasteiger partial charge in [0.2, 0.25) is 5.95 Å². The van der Waals surface area contributed by atoms with Crippen molar-refractivity contribution in [2.75, 3.05) is 23.9 Å². The number of hydrogen-bond donors (Lipinski definition) is 4. The molecule has 2 aromatic heterocycles. The van der Waals surface area contributed by atoms with Crippen molar-refractivity contribution < 1.29 is 19.4 Å². The third-order valence-corrected chi connectivity index (χ3v) is 3.66. The number of rotatable bonds is 8. The van der Waals surface area contributed by atoms with E-state index in [4.69, 9.17) is 10.2 Å². The van der Waals surface area contributed by atoms with Gasteiger partial charge in [-0.15, -0.1) is 0 Å². The minimum Gasteiger partial charge on any atom is -0.478 e. The Morgan fingerprint density at radius 2 is 2.18 bits per heavy atom. The van der Waals surface area contributed by atoms with E-state index in [0.717, 1.165) is 6.20 Å². The molecule has 0 radical (unpaired) electrons. The number of hydrogen-bond acceptors (Lipinski definition) is 7. The van der Waals surface area contributed by atoms with Crippen LogP contribution in [0.5, 0.6) is 0 Å². The van der Waals surface area contributed by atoms with E-state index in [0.29, 0.717) is 11.4 Å². The number of aliphatic hydroxyl groups excluding tert-OH is 1. The number of aromatic carboxylic acids is 1. The van der Waals surface area contributed by atoms with Gasteiger partial charge in [-0.25, -0.2) is 19.6 Å². The number of nitrogens with zero attached hydrogens (tertiary/aromatic N) is 4. The van der Waals surface area contributed by atoms with Crippen LogP contribution < -0.4 is 10.7 Å². The number of benzene rings is 1. The first-order valence-electron chi connectivity index (χ1n) is 8.26. The van der Waals surface area contributed by atoms with E-state index in [9.17, 15) is 9.18 Å². The lowest BCUT2D eigenvalue weighted by Crippen LogP contribution is -2.10. The van der Waals surface area contributed by atoms with Gasteiger partial charge in [0, 0.05) is 18.4 Å². The fourth-order valence-corrected chi connectivity index (χ4v) is 2.40. The lowest BCUT2D eigenvalue weighted by molar-refractivity contribution is 0.0697. The van der Waals surface area contributed by atoms with Crippen molar-refractivity contribution in [1.82, 2.24) is 14.5 Å². The van der Waals surface area contributed by atoms with Gasteiger partial charge >= 0.3 is 5.97 Å². The summed E-state index contributed by atoms with van der Waals surface area (Å²) < 4.78 is 15.3. The molecule has 1 aromatic carbocycles. The average molecular weight is 384 g/mol. The maximum Gasteiger partial charge on any atom is 0.335 e. The molecule has 0 saturated heterocycles. The molecule has 3 rings (SSSR count). The molecule has 0 aliphatic carbocycles. The van der Waals surface area contributed by atoms with E-state index in [1.54, 1.807) is 41.1 Å². The summed E-state index contributed by atoms with van der Waals surface area (Å²) >= 11 is 0. The Balaban J connectivity index is 1.75. The van der Waals surface area contributed by atoms with Gasteiger partial charge in [0.25, 0.3) is 0 Å². The van der Waals surface area contributed by atoms with E-state index in [1.165, 1.54) is 12.3 Å². The summed E-state index contributed by atoms with van der Waals surface area (Å²) in [5.74, 6) is -1.63. The molecular weight excluding hydrogens is 367 g/mol. The molecule has 0 aliphatic heterocycles. The summed E-state index contributed by atoms with van der Waals surface area (Å²) in [5, 5.41) is 24.6. The van der Waals surface area contributed by atoms with Crippen LogP contribution in [-0.2, 0) is 0 Å². The highest BCUT2D eigenvalue weighted by Gasteiger charge is 2.07. The maximum atomic E-state index is 13.6. The van der Waals surface area contributed by atoms with Crippen molar-refractivity contribution in [3.05, 3.63) is 65.9 Å². The Kier molecular flexibility index (Phi) is 5.92. The summed E-state index contributed by atoms with van der Waals surface area (Å²) in [7, 11) is 0. The molecule has 9 nitrogen and oxygen atoms in total. The highest BCUT2D eigenvalue weighted by Crippen LogP contribution is 2.14. The fraction of sp³-hybridized carbons (Fsp3) is 0.111. The number of carboxylic acids is 1. The molecule has 0 aliphatic rings. The minimum atomic E-state index is -1.01. The number of halogens is 1. The van der Waals surface area contributed by atoms with Crippen molar-refractivity contribution in [2.24, 2.45) is 5.10 Å². The first-order valence-corrected chi connectivity index (χ1v) is 8.26. The number of anilines is 2. The molecule has 3 aromatic rings. The van der Waals surface area contributed by atoms with Gasteiger partial charge < -0.3 is 20.1 Å². The fourth-order valence-electron chi connectivity index (χ4n) is 2.40. The predicted octanol–water partition coefficient (Wildman–Crippen LogP) is 1.95. The molecule has 0 bridgehead atoms. The number of carbonyl (C=O) groups is 1. The van der Waals surface area contributed by atoms with E-state index in [2.05, 4.69) is 25.8 Å². The van der Waals surface area contributed by atoms with E-state index < -0.39 is 11.8 Å². The molecule has 0 fully saturated rings. The predicted molar refractivity (Wildman–Crippen MR) is 102 cm³/mol. The molecule has 144 valence electrons. The van der Waals surface area contributed by atoms with Crippen molar-refractivity contribution >= 4 is 24.0 Å². The number of aliphatic hydroxyl groups is 1. The molecule has 0 unspecified atom stereocenters. The normalized spacial score (nSPS) is 10.9. The van der Waals surface area contributed by atoms with Crippen LogP contribution in [0.1, 0.15) is 16.1 Å². The monoisotopic (exact) mass is 384 g/mol. The second-order valence-electron chi connectivity index (χ2n) is 5.57. The molecule has 4 N–H and O–H groups in total. The Labute approximate surface area is 159 Å². The van der Waals surface area contributed by atoms with Crippen LogP contribution in [0.15, 0.2) is 53.9 Å². The minimum absolute atomic E-state index is 0.0457. The number of aromatic nitrogens is 3. The van der Waals surface area contributed by atoms with Gasteiger partial charge in [0.15, 0.2) is 11.6 Å². The van der Waals surface area contributed by atoms with Crippen molar-refractivity contribution in [1.29, 1.82) is 0 Å². The van der Waals surface area contributed by atoms with Gasteiger partial charge in [0.1, 0.15) is 0 Å². The van der Waals surface area contributed by atoms with Gasteiger partial charge in [0.05, 0.1) is 30.3 Å².